The van der Waals surface area contributed by atoms with Gasteiger partial charge in [-0.25, -0.2) is 10.2 Å². The summed E-state index contributed by atoms with van der Waals surface area (Å²) < 4.78 is 4.84. The lowest BCUT2D eigenvalue weighted by Crippen LogP contribution is -2.24. The van der Waals surface area contributed by atoms with E-state index in [1.54, 1.807) is 24.3 Å². The number of ether oxygens (including phenoxy) is 1. The Morgan fingerprint density at radius 2 is 2.00 bits per heavy atom. The Labute approximate surface area is 92.1 Å². The average molecular weight is 221 g/mol. The molecule has 0 atom stereocenters. The van der Waals surface area contributed by atoms with E-state index in [0.717, 1.165) is 5.56 Å². The minimum atomic E-state index is -0.729. The second-order valence-electron chi connectivity index (χ2n) is 2.90. The van der Waals surface area contributed by atoms with Crippen molar-refractivity contribution in [3.05, 3.63) is 29.8 Å². The van der Waals surface area contributed by atoms with Gasteiger partial charge in [0.05, 0.1) is 6.21 Å². The predicted molar refractivity (Wildman–Crippen MR) is 58.1 cm³/mol. The van der Waals surface area contributed by atoms with Crippen LogP contribution >= 0.6 is 0 Å². The van der Waals surface area contributed by atoms with E-state index in [9.17, 15) is 9.59 Å². The molecule has 2 amide bonds. The van der Waals surface area contributed by atoms with Gasteiger partial charge in [0.15, 0.2) is 0 Å². The third-order valence-electron chi connectivity index (χ3n) is 1.53. The van der Waals surface area contributed by atoms with E-state index in [2.05, 4.69) is 10.5 Å². The monoisotopic (exact) mass is 221 g/mol. The third-order valence-corrected chi connectivity index (χ3v) is 1.53. The number of carbonyl (C=O) groups excluding carboxylic acids is 2. The van der Waals surface area contributed by atoms with Crippen molar-refractivity contribution in [2.75, 3.05) is 0 Å². The number of nitrogens with two attached hydrogens (primary N) is 1. The predicted octanol–water partition coefficient (Wildman–Crippen LogP) is 0.614. The van der Waals surface area contributed by atoms with Gasteiger partial charge in [0.2, 0.25) is 0 Å². The zero-order valence-electron chi connectivity index (χ0n) is 8.64. The lowest BCUT2D eigenvalue weighted by atomic mass is 10.2. The molecule has 0 aliphatic rings. The highest BCUT2D eigenvalue weighted by Crippen LogP contribution is 2.10. The van der Waals surface area contributed by atoms with Gasteiger partial charge in [-0.3, -0.25) is 4.79 Å². The minimum absolute atomic E-state index is 0.378. The first kappa shape index (κ1) is 11.7. The van der Waals surface area contributed by atoms with Crippen molar-refractivity contribution >= 4 is 18.2 Å². The summed E-state index contributed by atoms with van der Waals surface area (Å²) in [5.41, 5.74) is 7.62. The first-order chi connectivity index (χ1) is 7.58. The second-order valence-corrected chi connectivity index (χ2v) is 2.90. The van der Waals surface area contributed by atoms with Crippen LogP contribution in [0.3, 0.4) is 0 Å². The molecular formula is C10H11N3O3. The third kappa shape index (κ3) is 4.23. The van der Waals surface area contributed by atoms with Crippen LogP contribution in [0.1, 0.15) is 12.5 Å². The fourth-order valence-electron chi connectivity index (χ4n) is 0.958. The number of esters is 1. The topological polar surface area (TPSA) is 93.8 Å². The van der Waals surface area contributed by atoms with Crippen molar-refractivity contribution in [2.24, 2.45) is 10.8 Å². The number of nitrogens with one attached hydrogen (secondary N) is 1. The molecule has 1 rings (SSSR count). The van der Waals surface area contributed by atoms with Crippen LogP contribution in [0.2, 0.25) is 0 Å². The largest absolute Gasteiger partial charge is 0.427 e. The highest BCUT2D eigenvalue weighted by atomic mass is 16.5. The van der Waals surface area contributed by atoms with Crippen molar-refractivity contribution in [3.63, 3.8) is 0 Å². The van der Waals surface area contributed by atoms with Gasteiger partial charge in [-0.2, -0.15) is 5.10 Å². The number of rotatable bonds is 3. The van der Waals surface area contributed by atoms with E-state index >= 15 is 0 Å². The maximum Gasteiger partial charge on any atom is 0.332 e. The maximum absolute atomic E-state index is 10.6. The number of amides is 2. The number of benzene rings is 1. The van der Waals surface area contributed by atoms with Gasteiger partial charge in [-0.15, -0.1) is 0 Å². The van der Waals surface area contributed by atoms with Gasteiger partial charge < -0.3 is 10.5 Å². The van der Waals surface area contributed by atoms with Crippen LogP contribution in [-0.4, -0.2) is 18.2 Å². The molecule has 0 radical (unpaired) electrons. The Morgan fingerprint density at radius 3 is 2.50 bits per heavy atom. The van der Waals surface area contributed by atoms with Crippen LogP contribution in [0.5, 0.6) is 5.75 Å². The molecule has 0 heterocycles. The molecule has 16 heavy (non-hydrogen) atoms. The van der Waals surface area contributed by atoms with Crippen molar-refractivity contribution in [1.82, 2.24) is 5.43 Å². The van der Waals surface area contributed by atoms with Crippen molar-refractivity contribution in [2.45, 2.75) is 6.92 Å². The lowest BCUT2D eigenvalue weighted by Gasteiger charge is -2.00. The van der Waals surface area contributed by atoms with E-state index in [1.165, 1.54) is 13.1 Å². The van der Waals surface area contributed by atoms with Crippen LogP contribution in [0, 0.1) is 0 Å². The maximum atomic E-state index is 10.6. The van der Waals surface area contributed by atoms with Crippen LogP contribution in [0.4, 0.5) is 4.79 Å². The Kier molecular flexibility index (Phi) is 4.02. The van der Waals surface area contributed by atoms with Gasteiger partial charge in [-0.1, -0.05) is 0 Å². The summed E-state index contributed by atoms with van der Waals surface area (Å²) in [6.07, 6.45) is 1.42. The molecule has 0 unspecified atom stereocenters. The smallest absolute Gasteiger partial charge is 0.332 e. The first-order valence-corrected chi connectivity index (χ1v) is 4.45. The summed E-state index contributed by atoms with van der Waals surface area (Å²) in [7, 11) is 0. The van der Waals surface area contributed by atoms with Crippen LogP contribution in [0.25, 0.3) is 0 Å². The molecule has 0 saturated heterocycles. The highest BCUT2D eigenvalue weighted by Gasteiger charge is 1.96. The summed E-state index contributed by atoms with van der Waals surface area (Å²) in [5.74, 6) is 0.0734. The number of carbonyl (C=O) groups is 2. The molecule has 0 spiro atoms. The zero-order valence-corrected chi connectivity index (χ0v) is 8.64. The van der Waals surface area contributed by atoms with Crippen molar-refractivity contribution in [1.29, 1.82) is 0 Å². The molecule has 0 bridgehead atoms. The summed E-state index contributed by atoms with van der Waals surface area (Å²) >= 11 is 0. The van der Waals surface area contributed by atoms with Gasteiger partial charge in [0.1, 0.15) is 5.75 Å². The van der Waals surface area contributed by atoms with Crippen molar-refractivity contribution < 1.29 is 14.3 Å². The van der Waals surface area contributed by atoms with Crippen molar-refractivity contribution in [3.8, 4) is 5.75 Å². The molecule has 0 aromatic heterocycles. The number of hydrogen-bond donors (Lipinski definition) is 2. The Morgan fingerprint density at radius 1 is 1.38 bits per heavy atom. The minimum Gasteiger partial charge on any atom is -0.427 e. The molecule has 0 fully saturated rings. The van der Waals surface area contributed by atoms with Gasteiger partial charge in [-0.05, 0) is 29.8 Å². The molecule has 0 saturated carbocycles. The Balaban J connectivity index is 2.60. The van der Waals surface area contributed by atoms with E-state index < -0.39 is 6.03 Å². The van der Waals surface area contributed by atoms with E-state index in [4.69, 9.17) is 10.5 Å². The number of nitrogens with zero attached hydrogens (tertiary/aromatic N) is 1. The van der Waals surface area contributed by atoms with Crippen LogP contribution < -0.4 is 15.9 Å². The van der Waals surface area contributed by atoms with E-state index in [0.29, 0.717) is 5.75 Å². The van der Waals surface area contributed by atoms with E-state index in [1.807, 2.05) is 0 Å². The summed E-state index contributed by atoms with van der Waals surface area (Å²) in [4.78, 5) is 20.9. The molecule has 1 aromatic carbocycles. The standard InChI is InChI=1S/C10H11N3O3/c1-7(14)16-9-4-2-8(3-5-9)6-12-13-10(11)15/h2-6H,1H3,(H3,11,13,15). The highest BCUT2D eigenvalue weighted by molar-refractivity contribution is 5.81. The number of primary amides is 1. The fraction of sp³-hybridized carbons (Fsp3) is 0.100. The Hall–Kier alpha value is -2.37. The average Bonchev–Trinajstić information content (AvgIpc) is 2.19. The number of hydrogen-bond acceptors (Lipinski definition) is 4. The molecule has 6 nitrogen and oxygen atoms in total. The molecule has 0 aliphatic carbocycles. The second kappa shape index (κ2) is 5.50. The summed E-state index contributed by atoms with van der Waals surface area (Å²) in [6.45, 7) is 1.33. The van der Waals surface area contributed by atoms with Crippen LogP contribution in [0.15, 0.2) is 29.4 Å². The molecule has 6 heteroatoms. The van der Waals surface area contributed by atoms with E-state index in [-0.39, 0.29) is 5.97 Å². The fourth-order valence-corrected chi connectivity index (χ4v) is 0.958. The number of urea groups is 1. The normalized spacial score (nSPS) is 10.1. The quantitative estimate of drug-likeness (QED) is 0.339. The molecular weight excluding hydrogens is 210 g/mol. The van der Waals surface area contributed by atoms with Gasteiger partial charge in [0, 0.05) is 6.92 Å². The van der Waals surface area contributed by atoms with Gasteiger partial charge in [0.25, 0.3) is 0 Å². The van der Waals surface area contributed by atoms with Gasteiger partial charge >= 0.3 is 12.0 Å². The number of hydrazone groups is 1. The Bertz CT molecular complexity index is 412. The molecule has 3 N–H and O–H groups in total. The SMILES string of the molecule is CC(=O)Oc1ccc(C=NNC(N)=O)cc1. The van der Waals surface area contributed by atoms with Crippen LogP contribution in [-0.2, 0) is 4.79 Å². The zero-order chi connectivity index (χ0) is 12.0. The molecule has 0 aliphatic heterocycles. The molecule has 84 valence electrons. The summed E-state index contributed by atoms with van der Waals surface area (Å²) in [6, 6.07) is 5.88. The molecule has 1 aromatic rings. The lowest BCUT2D eigenvalue weighted by molar-refractivity contribution is -0.131. The first-order valence-electron chi connectivity index (χ1n) is 4.45. The summed E-state index contributed by atoms with van der Waals surface area (Å²) in [5, 5.41) is 3.57.